The van der Waals surface area contributed by atoms with Gasteiger partial charge in [0, 0.05) is 11.0 Å². The zero-order valence-corrected chi connectivity index (χ0v) is 13.3. The second-order valence-electron chi connectivity index (χ2n) is 3.94. The molecule has 0 fully saturated rings. The van der Waals surface area contributed by atoms with Gasteiger partial charge in [-0.25, -0.2) is 0 Å². The normalized spacial score (nSPS) is 10.5. The van der Waals surface area contributed by atoms with Gasteiger partial charge in [0.1, 0.15) is 16.5 Å². The molecule has 2 nitrogen and oxygen atoms in total. The Balaban J connectivity index is 2.24. The molecule has 0 radical (unpaired) electrons. The Bertz CT molecular complexity index is 590. The maximum Gasteiger partial charge on any atom is 0.147 e. The van der Waals surface area contributed by atoms with Crippen LogP contribution in [-0.4, -0.2) is 7.05 Å². The van der Waals surface area contributed by atoms with E-state index in [-0.39, 0.29) is 0 Å². The number of hydrogen-bond donors (Lipinski definition) is 1. The number of ether oxygens (including phenoxy) is 1. The highest BCUT2D eigenvalue weighted by Gasteiger charge is 2.08. The molecule has 0 aliphatic carbocycles. The first-order chi connectivity index (χ1) is 9.11. The highest BCUT2D eigenvalue weighted by atomic mass is 79.9. The number of rotatable bonds is 4. The van der Waals surface area contributed by atoms with Crippen LogP contribution in [0.1, 0.15) is 5.56 Å². The van der Waals surface area contributed by atoms with Gasteiger partial charge in [0.05, 0.1) is 5.02 Å². The first-order valence-electron chi connectivity index (χ1n) is 5.66. The van der Waals surface area contributed by atoms with Crippen LogP contribution in [0.5, 0.6) is 11.5 Å². The fourth-order valence-electron chi connectivity index (χ4n) is 1.62. The number of halogens is 3. The van der Waals surface area contributed by atoms with Crippen LogP contribution < -0.4 is 10.1 Å². The smallest absolute Gasteiger partial charge is 0.147 e. The van der Waals surface area contributed by atoms with Crippen LogP contribution in [0.15, 0.2) is 40.9 Å². The minimum Gasteiger partial charge on any atom is -0.456 e. The first kappa shape index (κ1) is 14.7. The Morgan fingerprint density at radius 1 is 1.21 bits per heavy atom. The highest BCUT2D eigenvalue weighted by Crippen LogP contribution is 2.35. The zero-order chi connectivity index (χ0) is 13.8. The predicted octanol–water partition coefficient (Wildman–Crippen LogP) is 5.27. The Morgan fingerprint density at radius 2 is 2.00 bits per heavy atom. The molecule has 0 heterocycles. The summed E-state index contributed by atoms with van der Waals surface area (Å²) in [6.07, 6.45) is 0. The van der Waals surface area contributed by atoms with E-state index < -0.39 is 0 Å². The second-order valence-corrected chi connectivity index (χ2v) is 5.58. The zero-order valence-electron chi connectivity index (χ0n) is 10.2. The summed E-state index contributed by atoms with van der Waals surface area (Å²) in [4.78, 5) is 0. The molecular weight excluding hydrogens is 349 g/mol. The summed E-state index contributed by atoms with van der Waals surface area (Å²) in [6.45, 7) is 0.790. The van der Waals surface area contributed by atoms with Crippen molar-refractivity contribution in [3.8, 4) is 11.5 Å². The minimum atomic E-state index is 0.416. The second kappa shape index (κ2) is 6.62. The van der Waals surface area contributed by atoms with Crippen LogP contribution in [0, 0.1) is 0 Å². The van der Waals surface area contributed by atoms with E-state index in [2.05, 4.69) is 21.2 Å². The van der Waals surface area contributed by atoms with Gasteiger partial charge in [0.2, 0.25) is 0 Å². The van der Waals surface area contributed by atoms with Crippen molar-refractivity contribution in [1.29, 1.82) is 0 Å². The van der Waals surface area contributed by atoms with Gasteiger partial charge in [0.25, 0.3) is 0 Å². The molecular formula is C14H12BrCl2NO. The first-order valence-corrected chi connectivity index (χ1v) is 7.21. The van der Waals surface area contributed by atoms with Crippen molar-refractivity contribution in [1.82, 2.24) is 5.32 Å². The Hall–Kier alpha value is -0.740. The average Bonchev–Trinajstić information content (AvgIpc) is 2.38. The van der Waals surface area contributed by atoms with Gasteiger partial charge in [-0.15, -0.1) is 0 Å². The summed E-state index contributed by atoms with van der Waals surface area (Å²) in [5.41, 5.74) is 1.16. The van der Waals surface area contributed by atoms with Gasteiger partial charge in [-0.3, -0.25) is 0 Å². The van der Waals surface area contributed by atoms with Crippen LogP contribution in [-0.2, 0) is 6.54 Å². The summed E-state index contributed by atoms with van der Waals surface area (Å²) in [5.74, 6) is 1.25. The lowest BCUT2D eigenvalue weighted by Gasteiger charge is -2.10. The van der Waals surface area contributed by atoms with E-state index in [1.165, 1.54) is 0 Å². The van der Waals surface area contributed by atoms with Crippen molar-refractivity contribution in [3.63, 3.8) is 0 Å². The van der Waals surface area contributed by atoms with E-state index in [1.54, 1.807) is 18.2 Å². The predicted molar refractivity (Wildman–Crippen MR) is 83.4 cm³/mol. The highest BCUT2D eigenvalue weighted by molar-refractivity contribution is 9.10. The Morgan fingerprint density at radius 3 is 2.68 bits per heavy atom. The van der Waals surface area contributed by atoms with E-state index in [0.29, 0.717) is 21.5 Å². The summed E-state index contributed by atoms with van der Waals surface area (Å²) in [6, 6.07) is 11.1. The van der Waals surface area contributed by atoms with Gasteiger partial charge in [-0.05, 0) is 36.9 Å². The van der Waals surface area contributed by atoms with Crippen molar-refractivity contribution in [2.24, 2.45) is 0 Å². The van der Waals surface area contributed by atoms with Gasteiger partial charge in [-0.2, -0.15) is 0 Å². The third-order valence-corrected chi connectivity index (χ3v) is 4.08. The van der Waals surface area contributed by atoms with E-state index in [0.717, 1.165) is 16.6 Å². The third-order valence-electron chi connectivity index (χ3n) is 2.54. The Labute approximate surface area is 130 Å². The minimum absolute atomic E-state index is 0.416. The molecule has 1 N–H and O–H groups in total. The molecule has 2 aromatic carbocycles. The monoisotopic (exact) mass is 359 g/mol. The molecule has 0 atom stereocenters. The van der Waals surface area contributed by atoms with Crippen molar-refractivity contribution in [2.45, 2.75) is 6.54 Å². The SMILES string of the molecule is CNCc1ccc(Oc2cccc(Cl)c2Cl)cc1Br. The number of hydrogen-bond acceptors (Lipinski definition) is 2. The lowest BCUT2D eigenvalue weighted by Crippen LogP contribution is -2.05. The number of benzene rings is 2. The quantitative estimate of drug-likeness (QED) is 0.802. The van der Waals surface area contributed by atoms with E-state index in [4.69, 9.17) is 27.9 Å². The molecule has 5 heteroatoms. The van der Waals surface area contributed by atoms with Crippen LogP contribution >= 0.6 is 39.1 Å². The summed E-state index contributed by atoms with van der Waals surface area (Å²) in [5, 5.41) is 3.99. The average molecular weight is 361 g/mol. The van der Waals surface area contributed by atoms with Crippen molar-refractivity contribution in [2.75, 3.05) is 7.05 Å². The molecule has 2 aromatic rings. The van der Waals surface area contributed by atoms with Crippen LogP contribution in [0.4, 0.5) is 0 Å². The van der Waals surface area contributed by atoms with Crippen molar-refractivity contribution >= 4 is 39.1 Å². The van der Waals surface area contributed by atoms with Gasteiger partial charge < -0.3 is 10.1 Å². The van der Waals surface area contributed by atoms with E-state index in [9.17, 15) is 0 Å². The van der Waals surface area contributed by atoms with Crippen LogP contribution in [0.25, 0.3) is 0 Å². The third kappa shape index (κ3) is 3.63. The van der Waals surface area contributed by atoms with Crippen molar-refractivity contribution in [3.05, 3.63) is 56.5 Å². The van der Waals surface area contributed by atoms with Gasteiger partial charge in [0.15, 0.2) is 0 Å². The topological polar surface area (TPSA) is 21.3 Å². The van der Waals surface area contributed by atoms with Crippen LogP contribution in [0.3, 0.4) is 0 Å². The number of nitrogens with one attached hydrogen (secondary N) is 1. The molecule has 0 aromatic heterocycles. The lowest BCUT2D eigenvalue weighted by molar-refractivity contribution is 0.482. The van der Waals surface area contributed by atoms with Crippen molar-refractivity contribution < 1.29 is 4.74 Å². The molecule has 0 saturated heterocycles. The largest absolute Gasteiger partial charge is 0.456 e. The molecule has 100 valence electrons. The molecule has 0 amide bonds. The molecule has 0 bridgehead atoms. The van der Waals surface area contributed by atoms with Crippen LogP contribution in [0.2, 0.25) is 10.0 Å². The molecule has 2 rings (SSSR count). The van der Waals surface area contributed by atoms with Gasteiger partial charge >= 0.3 is 0 Å². The Kier molecular flexibility index (Phi) is 5.11. The van der Waals surface area contributed by atoms with E-state index in [1.807, 2.05) is 25.2 Å². The van der Waals surface area contributed by atoms with Gasteiger partial charge in [-0.1, -0.05) is 51.3 Å². The maximum atomic E-state index is 6.09. The molecule has 19 heavy (non-hydrogen) atoms. The lowest BCUT2D eigenvalue weighted by atomic mass is 10.2. The summed E-state index contributed by atoms with van der Waals surface area (Å²) >= 11 is 15.5. The summed E-state index contributed by atoms with van der Waals surface area (Å²) in [7, 11) is 1.91. The fourth-order valence-corrected chi connectivity index (χ4v) is 2.44. The molecule has 0 aliphatic rings. The molecule has 0 saturated carbocycles. The molecule has 0 aliphatic heterocycles. The summed E-state index contributed by atoms with van der Waals surface area (Å²) < 4.78 is 6.72. The fraction of sp³-hybridized carbons (Fsp3) is 0.143. The molecule has 0 unspecified atom stereocenters. The molecule has 0 spiro atoms. The standard InChI is InChI=1S/C14H12BrCl2NO/c1-18-8-9-5-6-10(7-11(9)15)19-13-4-2-3-12(16)14(13)17/h2-7,18H,8H2,1H3. The maximum absolute atomic E-state index is 6.09. The van der Waals surface area contributed by atoms with E-state index >= 15 is 0 Å².